The summed E-state index contributed by atoms with van der Waals surface area (Å²) in [6, 6.07) is 19.0. The maximum Gasteiger partial charge on any atom is 0.215 e. The van der Waals surface area contributed by atoms with Crippen LogP contribution in [0.4, 0.5) is 0 Å². The van der Waals surface area contributed by atoms with Gasteiger partial charge < -0.3 is 4.52 Å². The molecule has 0 bridgehead atoms. The highest BCUT2D eigenvalue weighted by molar-refractivity contribution is 7.88. The second-order valence-electron chi connectivity index (χ2n) is 5.94. The van der Waals surface area contributed by atoms with Crippen molar-refractivity contribution in [3.05, 3.63) is 77.5 Å². The number of aryl methyl sites for hydroxylation is 1. The summed E-state index contributed by atoms with van der Waals surface area (Å²) in [6.45, 7) is 2.23. The largest absolute Gasteiger partial charge is 0.356 e. The molecule has 0 unspecified atom stereocenters. The van der Waals surface area contributed by atoms with Crippen LogP contribution in [0.2, 0.25) is 0 Å². The van der Waals surface area contributed by atoms with Crippen LogP contribution in [0.3, 0.4) is 0 Å². The van der Waals surface area contributed by atoms with Crippen molar-refractivity contribution in [2.45, 2.75) is 19.1 Å². The molecule has 0 radical (unpaired) electrons. The standard InChI is InChI=1S/C19H20N2O3S/c1-15-6-5-7-16(12-15)14-25(22,23)20-11-10-18-13-19(24-21-18)17-8-3-2-4-9-17/h2-9,12-13,20H,10-11,14H2,1H3. The molecule has 0 amide bonds. The third kappa shape index (κ3) is 5.01. The molecule has 0 aliphatic rings. The zero-order chi connectivity index (χ0) is 17.7. The fourth-order valence-electron chi connectivity index (χ4n) is 2.58. The first-order chi connectivity index (χ1) is 12.0. The molecule has 25 heavy (non-hydrogen) atoms. The van der Waals surface area contributed by atoms with Crippen LogP contribution in [0.5, 0.6) is 0 Å². The van der Waals surface area contributed by atoms with Gasteiger partial charge in [-0.05, 0) is 12.5 Å². The average Bonchev–Trinajstić information content (AvgIpc) is 3.04. The summed E-state index contributed by atoms with van der Waals surface area (Å²) < 4.78 is 32.3. The summed E-state index contributed by atoms with van der Waals surface area (Å²) in [5, 5.41) is 4.00. The molecule has 0 atom stereocenters. The number of rotatable bonds is 7. The molecule has 0 aliphatic heterocycles. The van der Waals surface area contributed by atoms with E-state index in [0.717, 1.165) is 22.4 Å². The second-order valence-corrected chi connectivity index (χ2v) is 7.75. The van der Waals surface area contributed by atoms with Crippen molar-refractivity contribution in [2.75, 3.05) is 6.54 Å². The minimum Gasteiger partial charge on any atom is -0.356 e. The Kier molecular flexibility index (Phi) is 5.31. The Morgan fingerprint density at radius 3 is 2.60 bits per heavy atom. The van der Waals surface area contributed by atoms with Crippen molar-refractivity contribution in [1.29, 1.82) is 0 Å². The van der Waals surface area contributed by atoms with Gasteiger partial charge in [-0.1, -0.05) is 65.3 Å². The van der Waals surface area contributed by atoms with Gasteiger partial charge in [-0.15, -0.1) is 0 Å². The van der Waals surface area contributed by atoms with E-state index in [1.54, 1.807) is 0 Å². The van der Waals surface area contributed by atoms with E-state index in [1.165, 1.54) is 0 Å². The van der Waals surface area contributed by atoms with Gasteiger partial charge in [0.15, 0.2) is 5.76 Å². The van der Waals surface area contributed by atoms with Crippen molar-refractivity contribution in [3.63, 3.8) is 0 Å². The van der Waals surface area contributed by atoms with Gasteiger partial charge in [-0.2, -0.15) is 0 Å². The minimum absolute atomic E-state index is 0.0250. The van der Waals surface area contributed by atoms with Crippen LogP contribution in [-0.4, -0.2) is 20.1 Å². The third-order valence-electron chi connectivity index (χ3n) is 3.76. The van der Waals surface area contributed by atoms with Crippen LogP contribution in [-0.2, 0) is 22.2 Å². The van der Waals surface area contributed by atoms with E-state index < -0.39 is 10.0 Å². The average molecular weight is 356 g/mol. The van der Waals surface area contributed by atoms with Crippen molar-refractivity contribution in [1.82, 2.24) is 9.88 Å². The highest BCUT2D eigenvalue weighted by Gasteiger charge is 2.12. The molecule has 1 aromatic heterocycles. The second kappa shape index (κ2) is 7.63. The topological polar surface area (TPSA) is 72.2 Å². The van der Waals surface area contributed by atoms with Gasteiger partial charge in [0.25, 0.3) is 0 Å². The normalized spacial score (nSPS) is 11.6. The molecule has 0 aliphatic carbocycles. The van der Waals surface area contributed by atoms with Gasteiger partial charge in [0.1, 0.15) is 0 Å². The van der Waals surface area contributed by atoms with E-state index in [1.807, 2.05) is 67.6 Å². The lowest BCUT2D eigenvalue weighted by Crippen LogP contribution is -2.27. The highest BCUT2D eigenvalue weighted by atomic mass is 32.2. The summed E-state index contributed by atoms with van der Waals surface area (Å²) in [4.78, 5) is 0. The molecule has 1 heterocycles. The SMILES string of the molecule is Cc1cccc(CS(=O)(=O)NCCc2cc(-c3ccccc3)on2)c1. The van der Waals surface area contributed by atoms with E-state index in [-0.39, 0.29) is 12.3 Å². The lowest BCUT2D eigenvalue weighted by atomic mass is 10.1. The van der Waals surface area contributed by atoms with Crippen LogP contribution in [0, 0.1) is 6.92 Å². The van der Waals surface area contributed by atoms with Crippen LogP contribution in [0.25, 0.3) is 11.3 Å². The molecule has 3 aromatic rings. The van der Waals surface area contributed by atoms with Gasteiger partial charge in [-0.25, -0.2) is 13.1 Å². The molecule has 6 heteroatoms. The first-order valence-corrected chi connectivity index (χ1v) is 9.71. The molecule has 0 saturated heterocycles. The molecule has 1 N–H and O–H groups in total. The number of aromatic nitrogens is 1. The number of benzene rings is 2. The number of sulfonamides is 1. The Balaban J connectivity index is 1.55. The fraction of sp³-hybridized carbons (Fsp3) is 0.211. The van der Waals surface area contributed by atoms with E-state index >= 15 is 0 Å². The van der Waals surface area contributed by atoms with Crippen LogP contribution in [0.15, 0.2) is 65.2 Å². The predicted octanol–water partition coefficient (Wildman–Crippen LogP) is 3.31. The quantitative estimate of drug-likeness (QED) is 0.705. The van der Waals surface area contributed by atoms with E-state index in [4.69, 9.17) is 4.52 Å². The first-order valence-electron chi connectivity index (χ1n) is 8.06. The van der Waals surface area contributed by atoms with Crippen molar-refractivity contribution < 1.29 is 12.9 Å². The fourth-order valence-corrected chi connectivity index (χ4v) is 3.71. The summed E-state index contributed by atoms with van der Waals surface area (Å²) in [6.07, 6.45) is 0.476. The summed E-state index contributed by atoms with van der Waals surface area (Å²) in [7, 11) is -3.38. The van der Waals surface area contributed by atoms with Crippen LogP contribution >= 0.6 is 0 Å². The summed E-state index contributed by atoms with van der Waals surface area (Å²) in [5.74, 6) is 0.654. The zero-order valence-electron chi connectivity index (χ0n) is 14.0. The third-order valence-corrected chi connectivity index (χ3v) is 5.12. The van der Waals surface area contributed by atoms with Gasteiger partial charge in [-0.3, -0.25) is 0 Å². The van der Waals surface area contributed by atoms with E-state index in [9.17, 15) is 8.42 Å². The van der Waals surface area contributed by atoms with Gasteiger partial charge in [0.05, 0.1) is 11.4 Å². The predicted molar refractivity (Wildman–Crippen MR) is 97.4 cm³/mol. The Morgan fingerprint density at radius 1 is 1.04 bits per heavy atom. The van der Waals surface area contributed by atoms with Crippen molar-refractivity contribution in [3.8, 4) is 11.3 Å². The number of nitrogens with one attached hydrogen (secondary N) is 1. The molecule has 130 valence electrons. The van der Waals surface area contributed by atoms with E-state index in [2.05, 4.69) is 9.88 Å². The highest BCUT2D eigenvalue weighted by Crippen LogP contribution is 2.19. The number of hydrogen-bond donors (Lipinski definition) is 1. The lowest BCUT2D eigenvalue weighted by Gasteiger charge is -2.06. The van der Waals surface area contributed by atoms with Crippen molar-refractivity contribution in [2.24, 2.45) is 0 Å². The minimum atomic E-state index is -3.38. The lowest BCUT2D eigenvalue weighted by molar-refractivity contribution is 0.423. The monoisotopic (exact) mass is 356 g/mol. The molecule has 2 aromatic carbocycles. The van der Waals surface area contributed by atoms with Gasteiger partial charge in [0.2, 0.25) is 10.0 Å². The zero-order valence-corrected chi connectivity index (χ0v) is 14.8. The maximum atomic E-state index is 12.2. The Hall–Kier alpha value is -2.44. The Labute approximate surface area is 147 Å². The molecule has 0 fully saturated rings. The molecule has 0 spiro atoms. The molecule has 3 rings (SSSR count). The van der Waals surface area contributed by atoms with Crippen LogP contribution < -0.4 is 4.72 Å². The van der Waals surface area contributed by atoms with Gasteiger partial charge in [0, 0.05) is 24.6 Å². The maximum absolute atomic E-state index is 12.2. The molecular formula is C19H20N2O3S. The summed E-state index contributed by atoms with van der Waals surface area (Å²) >= 11 is 0. The van der Waals surface area contributed by atoms with Crippen molar-refractivity contribution >= 4 is 10.0 Å². The Morgan fingerprint density at radius 2 is 1.84 bits per heavy atom. The number of hydrogen-bond acceptors (Lipinski definition) is 4. The molecular weight excluding hydrogens is 336 g/mol. The number of nitrogens with zero attached hydrogens (tertiary/aromatic N) is 1. The molecule has 5 nitrogen and oxygen atoms in total. The first kappa shape index (κ1) is 17.4. The smallest absolute Gasteiger partial charge is 0.215 e. The Bertz CT molecular complexity index is 934. The van der Waals surface area contributed by atoms with Crippen LogP contribution in [0.1, 0.15) is 16.8 Å². The summed E-state index contributed by atoms with van der Waals surface area (Å²) in [5.41, 5.74) is 3.49. The van der Waals surface area contributed by atoms with Gasteiger partial charge >= 0.3 is 0 Å². The van der Waals surface area contributed by atoms with E-state index in [0.29, 0.717) is 12.2 Å². The molecule has 0 saturated carbocycles.